The van der Waals surface area contributed by atoms with Crippen LogP contribution in [-0.4, -0.2) is 60.4 Å². The minimum absolute atomic E-state index is 0.0616. The molecule has 1 unspecified atom stereocenters. The molecule has 1 aliphatic heterocycles. The number of oxime groups is 1. The van der Waals surface area contributed by atoms with Gasteiger partial charge in [-0.2, -0.15) is 0 Å². The van der Waals surface area contributed by atoms with Gasteiger partial charge in [0.1, 0.15) is 22.2 Å². The maximum atomic E-state index is 8.85. The van der Waals surface area contributed by atoms with Crippen LogP contribution in [0.3, 0.4) is 0 Å². The minimum Gasteiger partial charge on any atom is -0.455 e. The van der Waals surface area contributed by atoms with Crippen LogP contribution in [0.1, 0.15) is 36.8 Å². The predicted octanol–water partition coefficient (Wildman–Crippen LogP) is 4.94. The van der Waals surface area contributed by atoms with Gasteiger partial charge in [0, 0.05) is 43.7 Å². The normalized spacial score (nSPS) is 15.6. The smallest absolute Gasteiger partial charge is 0.241 e. The molecule has 36 heavy (non-hydrogen) atoms. The number of aryl methyl sites for hydroxylation is 1. The molecule has 192 valence electrons. The number of unbranched alkanes of at least 4 members (excludes halogenated alkanes) is 1. The number of hydrogen-bond donors (Lipinski definition) is 2. The lowest BCUT2D eigenvalue weighted by atomic mass is 10.1. The van der Waals surface area contributed by atoms with Gasteiger partial charge in [-0.25, -0.2) is 4.98 Å². The van der Waals surface area contributed by atoms with Gasteiger partial charge in [0.05, 0.1) is 5.01 Å². The van der Waals surface area contributed by atoms with Crippen LogP contribution in [0.2, 0.25) is 0 Å². The Hall–Kier alpha value is -3.30. The highest BCUT2D eigenvalue weighted by Crippen LogP contribution is 2.37. The molecule has 0 saturated carbocycles. The highest BCUT2D eigenvalue weighted by Gasteiger charge is 2.21. The summed E-state index contributed by atoms with van der Waals surface area (Å²) in [5.74, 6) is 1.48. The summed E-state index contributed by atoms with van der Waals surface area (Å²) in [5.41, 5.74) is 8.41. The van der Waals surface area contributed by atoms with Crippen molar-refractivity contribution in [2.75, 3.05) is 38.1 Å². The highest BCUT2D eigenvalue weighted by atomic mass is 32.1. The van der Waals surface area contributed by atoms with Crippen molar-refractivity contribution in [1.29, 1.82) is 0 Å². The van der Waals surface area contributed by atoms with Gasteiger partial charge in [-0.05, 0) is 68.9 Å². The number of ether oxygens (including phenoxy) is 2. The van der Waals surface area contributed by atoms with Crippen molar-refractivity contribution < 1.29 is 14.7 Å². The maximum absolute atomic E-state index is 8.85. The van der Waals surface area contributed by atoms with E-state index in [-0.39, 0.29) is 5.84 Å². The second kappa shape index (κ2) is 12.1. The summed E-state index contributed by atoms with van der Waals surface area (Å²) in [6, 6.07) is 15.2. The van der Waals surface area contributed by atoms with E-state index in [4.69, 9.17) is 25.4 Å². The average Bonchev–Trinajstić information content (AvgIpc) is 3.29. The fraction of sp³-hybridized carbons (Fsp3) is 0.407. The number of amidine groups is 1. The molecule has 1 saturated heterocycles. The minimum atomic E-state index is -0.423. The molecule has 0 spiro atoms. The number of anilines is 1. The fourth-order valence-electron chi connectivity index (χ4n) is 4.10. The average molecular weight is 510 g/mol. The number of nitrogens with two attached hydrogens (primary N) is 1. The zero-order valence-electron chi connectivity index (χ0n) is 21.2. The van der Waals surface area contributed by atoms with E-state index in [0.717, 1.165) is 67.5 Å². The molecular weight excluding hydrogens is 474 g/mol. The van der Waals surface area contributed by atoms with Gasteiger partial charge in [-0.15, -0.1) is 11.3 Å². The Kier molecular flexibility index (Phi) is 8.66. The lowest BCUT2D eigenvalue weighted by molar-refractivity contribution is -0.00211. The van der Waals surface area contributed by atoms with Crippen LogP contribution >= 0.6 is 11.3 Å². The van der Waals surface area contributed by atoms with Gasteiger partial charge < -0.3 is 30.2 Å². The van der Waals surface area contributed by atoms with Gasteiger partial charge >= 0.3 is 0 Å². The van der Waals surface area contributed by atoms with Crippen LogP contribution in [0.25, 0.3) is 11.3 Å². The summed E-state index contributed by atoms with van der Waals surface area (Å²) < 4.78 is 12.4. The van der Waals surface area contributed by atoms with E-state index < -0.39 is 6.29 Å². The number of piperazine rings is 1. The topological polar surface area (TPSA) is 96.4 Å². The Morgan fingerprint density at radius 3 is 2.25 bits per heavy atom. The van der Waals surface area contributed by atoms with Crippen LogP contribution in [0.4, 0.5) is 5.00 Å². The SMILES string of the molecule is CCCCC(Oc1ccc(C(N)=NO)cc1)Oc1ccc(-c2nc(C)sc2N2CCN(C)CC2)cc1. The standard InChI is InChI=1S/C27H35N5O3S/c1-4-5-6-24(35-23-13-9-21(10-14-23)26(28)30-33)34-22-11-7-20(8-12-22)25-27(36-19(2)29-25)32-17-15-31(3)16-18-32/h7-14,24,33H,4-6,15-18H2,1-3H3,(H2,28,30). The third-order valence-electron chi connectivity index (χ3n) is 6.22. The van der Waals surface area contributed by atoms with Crippen molar-refractivity contribution >= 4 is 22.2 Å². The molecule has 2 aromatic carbocycles. The molecule has 1 atom stereocenters. The largest absolute Gasteiger partial charge is 0.455 e. The summed E-state index contributed by atoms with van der Waals surface area (Å²) in [7, 11) is 2.17. The zero-order chi connectivity index (χ0) is 25.5. The zero-order valence-corrected chi connectivity index (χ0v) is 22.0. The van der Waals surface area contributed by atoms with E-state index >= 15 is 0 Å². The van der Waals surface area contributed by atoms with E-state index in [0.29, 0.717) is 11.3 Å². The molecule has 1 aliphatic rings. The Morgan fingerprint density at radius 2 is 1.67 bits per heavy atom. The van der Waals surface area contributed by atoms with Gasteiger partial charge in [-0.3, -0.25) is 0 Å². The Balaban J connectivity index is 1.46. The molecule has 1 fully saturated rings. The quantitative estimate of drug-likeness (QED) is 0.131. The molecule has 1 aromatic heterocycles. The Morgan fingerprint density at radius 1 is 1.06 bits per heavy atom. The molecule has 0 bridgehead atoms. The first-order valence-electron chi connectivity index (χ1n) is 12.4. The number of nitrogens with zero attached hydrogens (tertiary/aromatic N) is 4. The van der Waals surface area contributed by atoms with Gasteiger partial charge in [0.15, 0.2) is 5.84 Å². The van der Waals surface area contributed by atoms with Gasteiger partial charge in [0.2, 0.25) is 6.29 Å². The first kappa shape index (κ1) is 25.8. The van der Waals surface area contributed by atoms with Crippen molar-refractivity contribution in [3.63, 3.8) is 0 Å². The number of rotatable bonds is 10. The van der Waals surface area contributed by atoms with Crippen LogP contribution in [0.5, 0.6) is 11.5 Å². The van der Waals surface area contributed by atoms with Gasteiger partial charge in [-0.1, -0.05) is 18.5 Å². The fourth-order valence-corrected chi connectivity index (χ4v) is 5.09. The molecule has 0 aliphatic carbocycles. The van der Waals surface area contributed by atoms with Crippen LogP contribution in [-0.2, 0) is 0 Å². The number of likely N-dealkylation sites (N-methyl/N-ethyl adjacent to an activating group) is 1. The van der Waals surface area contributed by atoms with Gasteiger partial charge in [0.25, 0.3) is 0 Å². The summed E-state index contributed by atoms with van der Waals surface area (Å²) >= 11 is 1.76. The van der Waals surface area contributed by atoms with Crippen LogP contribution in [0, 0.1) is 6.92 Å². The summed E-state index contributed by atoms with van der Waals surface area (Å²) in [6.45, 7) is 8.37. The number of thiazole rings is 1. The molecule has 3 aromatic rings. The molecule has 2 heterocycles. The van der Waals surface area contributed by atoms with Crippen LogP contribution in [0.15, 0.2) is 53.7 Å². The molecular formula is C27H35N5O3S. The lowest BCUT2D eigenvalue weighted by Crippen LogP contribution is -2.44. The van der Waals surface area contributed by atoms with E-state index in [1.165, 1.54) is 5.00 Å². The van der Waals surface area contributed by atoms with E-state index in [2.05, 4.69) is 48.0 Å². The van der Waals surface area contributed by atoms with Crippen molar-refractivity contribution in [3.8, 4) is 22.8 Å². The van der Waals surface area contributed by atoms with E-state index in [9.17, 15) is 0 Å². The maximum Gasteiger partial charge on any atom is 0.241 e. The molecule has 4 rings (SSSR count). The summed E-state index contributed by atoms with van der Waals surface area (Å²) in [4.78, 5) is 9.66. The number of benzene rings is 2. The second-order valence-corrected chi connectivity index (χ2v) is 10.2. The molecule has 0 radical (unpaired) electrons. The Bertz CT molecular complexity index is 1140. The van der Waals surface area contributed by atoms with Crippen molar-refractivity contribution in [3.05, 3.63) is 59.1 Å². The molecule has 8 nitrogen and oxygen atoms in total. The second-order valence-electron chi connectivity index (χ2n) is 9.02. The molecule has 9 heteroatoms. The third kappa shape index (κ3) is 6.47. The number of hydrogen-bond acceptors (Lipinski definition) is 8. The highest BCUT2D eigenvalue weighted by molar-refractivity contribution is 7.16. The van der Waals surface area contributed by atoms with Crippen molar-refractivity contribution in [2.24, 2.45) is 10.9 Å². The monoisotopic (exact) mass is 509 g/mol. The third-order valence-corrected chi connectivity index (χ3v) is 7.25. The first-order chi connectivity index (χ1) is 17.5. The van der Waals surface area contributed by atoms with E-state index in [1.807, 2.05) is 12.1 Å². The predicted molar refractivity (Wildman–Crippen MR) is 146 cm³/mol. The van der Waals surface area contributed by atoms with Crippen molar-refractivity contribution in [1.82, 2.24) is 9.88 Å². The van der Waals surface area contributed by atoms with Crippen LogP contribution < -0.4 is 20.1 Å². The lowest BCUT2D eigenvalue weighted by Gasteiger charge is -2.33. The van der Waals surface area contributed by atoms with Crippen molar-refractivity contribution in [2.45, 2.75) is 39.4 Å². The summed E-state index contributed by atoms with van der Waals surface area (Å²) in [5, 5.41) is 14.2. The number of aromatic nitrogens is 1. The van der Waals surface area contributed by atoms with E-state index in [1.54, 1.807) is 35.6 Å². The Labute approximate surface area is 217 Å². The summed E-state index contributed by atoms with van der Waals surface area (Å²) in [6.07, 6.45) is 2.37. The first-order valence-corrected chi connectivity index (χ1v) is 13.2. The molecule has 0 amide bonds. The molecule has 3 N–H and O–H groups in total.